The number of carbonyl (C=O) groups excluding carboxylic acids is 2. The quantitative estimate of drug-likeness (QED) is 0.905. The molecule has 0 aliphatic carbocycles. The average Bonchev–Trinajstić information content (AvgIpc) is 2.85. The van der Waals surface area contributed by atoms with Crippen molar-refractivity contribution in [3.8, 4) is 0 Å². The minimum Gasteiger partial charge on any atom is -0.368 e. The highest BCUT2D eigenvalue weighted by molar-refractivity contribution is 9.11. The number of halogens is 1. The van der Waals surface area contributed by atoms with Crippen molar-refractivity contribution < 1.29 is 9.59 Å². The van der Waals surface area contributed by atoms with Crippen LogP contribution in [0.2, 0.25) is 0 Å². The second kappa shape index (κ2) is 4.78. The first-order valence-electron chi connectivity index (χ1n) is 5.37. The zero-order valence-corrected chi connectivity index (χ0v) is 11.8. The minimum atomic E-state index is -0.441. The van der Waals surface area contributed by atoms with E-state index in [1.165, 1.54) is 11.3 Å². The van der Waals surface area contributed by atoms with Crippen LogP contribution in [0.4, 0.5) is 0 Å². The molecule has 0 aromatic carbocycles. The van der Waals surface area contributed by atoms with E-state index in [2.05, 4.69) is 15.9 Å². The molecule has 17 heavy (non-hydrogen) atoms. The Morgan fingerprint density at radius 1 is 1.59 bits per heavy atom. The van der Waals surface area contributed by atoms with Gasteiger partial charge in [-0.2, -0.15) is 0 Å². The van der Waals surface area contributed by atoms with Crippen LogP contribution in [0.1, 0.15) is 28.1 Å². The number of thiophene rings is 1. The van der Waals surface area contributed by atoms with Crippen LogP contribution in [-0.2, 0) is 4.79 Å². The summed E-state index contributed by atoms with van der Waals surface area (Å²) < 4.78 is 0.954. The van der Waals surface area contributed by atoms with Gasteiger partial charge in [-0.15, -0.1) is 11.3 Å². The van der Waals surface area contributed by atoms with Crippen molar-refractivity contribution in [2.75, 3.05) is 6.54 Å². The van der Waals surface area contributed by atoms with Crippen LogP contribution in [0.15, 0.2) is 9.85 Å². The number of rotatable bonds is 2. The lowest BCUT2D eigenvalue weighted by Gasteiger charge is -2.21. The molecule has 0 spiro atoms. The predicted octanol–water partition coefficient (Wildman–Crippen LogP) is 1.91. The smallest absolute Gasteiger partial charge is 0.264 e. The maximum atomic E-state index is 12.2. The van der Waals surface area contributed by atoms with Gasteiger partial charge in [-0.3, -0.25) is 9.59 Å². The minimum absolute atomic E-state index is 0.0925. The standard InChI is InChI=1S/C11H13BrN2O2S/c1-6-5-8(17-9(6)12)11(16)14-4-2-3-7(14)10(13)15/h5,7H,2-4H2,1H3,(H2,13,15). The van der Waals surface area contributed by atoms with E-state index in [4.69, 9.17) is 5.73 Å². The number of aryl methyl sites for hydroxylation is 1. The monoisotopic (exact) mass is 316 g/mol. The summed E-state index contributed by atoms with van der Waals surface area (Å²) in [6, 6.07) is 1.40. The van der Waals surface area contributed by atoms with Crippen LogP contribution >= 0.6 is 27.3 Å². The number of primary amides is 1. The predicted molar refractivity (Wildman–Crippen MR) is 70.0 cm³/mol. The maximum Gasteiger partial charge on any atom is 0.264 e. The van der Waals surface area contributed by atoms with Gasteiger partial charge in [0, 0.05) is 6.54 Å². The van der Waals surface area contributed by atoms with Crippen molar-refractivity contribution in [2.45, 2.75) is 25.8 Å². The summed E-state index contributed by atoms with van der Waals surface area (Å²) in [6.07, 6.45) is 1.51. The molecule has 0 saturated carbocycles. The Kier molecular flexibility index (Phi) is 3.53. The zero-order valence-electron chi connectivity index (χ0n) is 9.40. The normalized spacial score (nSPS) is 19.6. The van der Waals surface area contributed by atoms with Gasteiger partial charge in [-0.25, -0.2) is 0 Å². The van der Waals surface area contributed by atoms with Crippen molar-refractivity contribution in [3.05, 3.63) is 20.3 Å². The van der Waals surface area contributed by atoms with Gasteiger partial charge in [0.1, 0.15) is 6.04 Å². The third-order valence-corrected chi connectivity index (χ3v) is 5.03. The molecule has 1 aromatic heterocycles. The highest BCUT2D eigenvalue weighted by Crippen LogP contribution is 2.30. The molecule has 1 aromatic rings. The first kappa shape index (κ1) is 12.6. The van der Waals surface area contributed by atoms with E-state index in [9.17, 15) is 9.59 Å². The number of amides is 2. The van der Waals surface area contributed by atoms with Gasteiger partial charge in [0.2, 0.25) is 5.91 Å². The molecule has 1 saturated heterocycles. The van der Waals surface area contributed by atoms with E-state index < -0.39 is 11.9 Å². The second-order valence-corrected chi connectivity index (χ2v) is 6.50. The summed E-state index contributed by atoms with van der Waals surface area (Å²) in [7, 11) is 0. The van der Waals surface area contributed by atoms with Crippen LogP contribution in [0, 0.1) is 6.92 Å². The second-order valence-electron chi connectivity index (χ2n) is 4.13. The molecule has 92 valence electrons. The Morgan fingerprint density at radius 3 is 2.82 bits per heavy atom. The molecule has 0 radical (unpaired) electrons. The van der Waals surface area contributed by atoms with Gasteiger partial charge in [-0.1, -0.05) is 0 Å². The van der Waals surface area contributed by atoms with Crippen LogP contribution in [0.25, 0.3) is 0 Å². The molecule has 1 fully saturated rings. The summed E-state index contributed by atoms with van der Waals surface area (Å²) in [5.41, 5.74) is 6.34. The largest absolute Gasteiger partial charge is 0.368 e. The molecule has 1 atom stereocenters. The van der Waals surface area contributed by atoms with Crippen LogP contribution in [-0.4, -0.2) is 29.3 Å². The number of nitrogens with zero attached hydrogens (tertiary/aromatic N) is 1. The molecule has 0 bridgehead atoms. The van der Waals surface area contributed by atoms with E-state index >= 15 is 0 Å². The molecule has 2 rings (SSSR count). The van der Waals surface area contributed by atoms with E-state index in [0.29, 0.717) is 17.8 Å². The van der Waals surface area contributed by atoms with Crippen LogP contribution in [0.5, 0.6) is 0 Å². The molecular formula is C11H13BrN2O2S. The Morgan fingerprint density at radius 2 is 2.29 bits per heavy atom. The average molecular weight is 317 g/mol. The molecule has 1 aliphatic heterocycles. The summed E-state index contributed by atoms with van der Waals surface area (Å²) >= 11 is 4.79. The van der Waals surface area contributed by atoms with Crippen molar-refractivity contribution in [1.82, 2.24) is 4.90 Å². The van der Waals surface area contributed by atoms with Gasteiger partial charge in [0.25, 0.3) is 5.91 Å². The van der Waals surface area contributed by atoms with Crippen molar-refractivity contribution in [2.24, 2.45) is 5.73 Å². The third-order valence-electron chi connectivity index (χ3n) is 2.91. The zero-order chi connectivity index (χ0) is 12.6. The lowest BCUT2D eigenvalue weighted by Crippen LogP contribution is -2.43. The van der Waals surface area contributed by atoms with Gasteiger partial charge in [0.05, 0.1) is 8.66 Å². The van der Waals surface area contributed by atoms with Crippen molar-refractivity contribution in [1.29, 1.82) is 0 Å². The fourth-order valence-corrected chi connectivity index (χ4v) is 3.50. The van der Waals surface area contributed by atoms with Gasteiger partial charge >= 0.3 is 0 Å². The molecule has 2 heterocycles. The molecule has 4 nitrogen and oxygen atoms in total. The Labute approximate surface area is 112 Å². The number of hydrogen-bond acceptors (Lipinski definition) is 3. The van der Waals surface area contributed by atoms with Crippen LogP contribution < -0.4 is 5.73 Å². The number of carbonyl (C=O) groups is 2. The highest BCUT2D eigenvalue weighted by atomic mass is 79.9. The van der Waals surface area contributed by atoms with E-state index in [0.717, 1.165) is 15.8 Å². The van der Waals surface area contributed by atoms with Gasteiger partial charge < -0.3 is 10.6 Å². The molecule has 1 unspecified atom stereocenters. The Bertz CT molecular complexity index is 453. The van der Waals surface area contributed by atoms with Crippen molar-refractivity contribution >= 4 is 39.1 Å². The fourth-order valence-electron chi connectivity index (χ4n) is 2.01. The first-order valence-corrected chi connectivity index (χ1v) is 6.98. The molecule has 2 N–H and O–H groups in total. The van der Waals surface area contributed by atoms with Crippen LogP contribution in [0.3, 0.4) is 0 Å². The van der Waals surface area contributed by atoms with Crippen molar-refractivity contribution in [3.63, 3.8) is 0 Å². The molecular weight excluding hydrogens is 304 g/mol. The highest BCUT2D eigenvalue weighted by Gasteiger charge is 2.33. The Balaban J connectivity index is 2.22. The number of likely N-dealkylation sites (tertiary alicyclic amines) is 1. The van der Waals surface area contributed by atoms with E-state index in [1.807, 2.05) is 13.0 Å². The van der Waals surface area contributed by atoms with Gasteiger partial charge in [0.15, 0.2) is 0 Å². The number of hydrogen-bond donors (Lipinski definition) is 1. The maximum absolute atomic E-state index is 12.2. The summed E-state index contributed by atoms with van der Waals surface area (Å²) in [4.78, 5) is 25.7. The van der Waals surface area contributed by atoms with E-state index in [1.54, 1.807) is 4.90 Å². The third kappa shape index (κ3) is 2.37. The number of nitrogens with two attached hydrogens (primary N) is 1. The SMILES string of the molecule is Cc1cc(C(=O)N2CCCC2C(N)=O)sc1Br. The molecule has 1 aliphatic rings. The summed E-state index contributed by atoms with van der Waals surface area (Å²) in [6.45, 7) is 2.55. The van der Waals surface area contributed by atoms with Gasteiger partial charge in [-0.05, 0) is 47.3 Å². The summed E-state index contributed by atoms with van der Waals surface area (Å²) in [5.74, 6) is -0.506. The molecule has 6 heteroatoms. The first-order chi connectivity index (χ1) is 8.00. The lowest BCUT2D eigenvalue weighted by atomic mass is 10.2. The Hall–Kier alpha value is -0.880. The fraction of sp³-hybridized carbons (Fsp3) is 0.455. The lowest BCUT2D eigenvalue weighted by molar-refractivity contribution is -0.121. The molecule has 2 amide bonds. The topological polar surface area (TPSA) is 63.4 Å². The van der Waals surface area contributed by atoms with E-state index in [-0.39, 0.29) is 5.91 Å². The summed E-state index contributed by atoms with van der Waals surface area (Å²) in [5, 5.41) is 0.